The zero-order valence-corrected chi connectivity index (χ0v) is 13.4. The van der Waals surface area contributed by atoms with Crippen LogP contribution in [0.5, 0.6) is 0 Å². The Morgan fingerprint density at radius 3 is 2.57 bits per heavy atom. The van der Waals surface area contributed by atoms with Gasteiger partial charge in [-0.2, -0.15) is 4.31 Å². The van der Waals surface area contributed by atoms with Crippen molar-refractivity contribution >= 4 is 22.1 Å². The lowest BCUT2D eigenvalue weighted by molar-refractivity contribution is -0.131. The maximum absolute atomic E-state index is 12.6. The molecule has 0 saturated carbocycles. The lowest BCUT2D eigenvalue weighted by Gasteiger charge is -2.33. The fraction of sp³-hybridized carbons (Fsp3) is 0.429. The van der Waals surface area contributed by atoms with Crippen molar-refractivity contribution < 1.29 is 18.3 Å². The molecule has 0 unspecified atom stereocenters. The molecule has 1 rings (SSSR count). The van der Waals surface area contributed by atoms with Gasteiger partial charge in [0.25, 0.3) is 0 Å². The Morgan fingerprint density at radius 2 is 2.05 bits per heavy atom. The highest BCUT2D eigenvalue weighted by molar-refractivity contribution is 7.89. The molecule has 1 aromatic heterocycles. The molecule has 0 aliphatic heterocycles. The summed E-state index contributed by atoms with van der Waals surface area (Å²) in [6.07, 6.45) is 5.57. The van der Waals surface area contributed by atoms with Crippen LogP contribution in [-0.2, 0) is 14.8 Å². The van der Waals surface area contributed by atoms with Gasteiger partial charge in [-0.3, -0.25) is 4.98 Å². The summed E-state index contributed by atoms with van der Waals surface area (Å²) in [5.41, 5.74) is -0.104. The molecule has 1 N–H and O–H groups in total. The first-order valence-electron chi connectivity index (χ1n) is 6.46. The number of sulfonamides is 1. The van der Waals surface area contributed by atoms with E-state index in [9.17, 15) is 13.2 Å². The molecule has 116 valence electrons. The van der Waals surface area contributed by atoms with Crippen LogP contribution in [0.3, 0.4) is 0 Å². The molecule has 7 heteroatoms. The first kappa shape index (κ1) is 17.3. The minimum absolute atomic E-state index is 0.0408. The van der Waals surface area contributed by atoms with Crippen molar-refractivity contribution in [2.24, 2.45) is 0 Å². The Labute approximate surface area is 125 Å². The third kappa shape index (κ3) is 4.12. The van der Waals surface area contributed by atoms with E-state index in [1.54, 1.807) is 0 Å². The van der Waals surface area contributed by atoms with Gasteiger partial charge in [0, 0.05) is 31.1 Å². The van der Waals surface area contributed by atoms with Gasteiger partial charge in [0.1, 0.15) is 4.90 Å². The molecule has 21 heavy (non-hydrogen) atoms. The average molecular weight is 312 g/mol. The lowest BCUT2D eigenvalue weighted by Crippen LogP contribution is -2.44. The second-order valence-corrected chi connectivity index (χ2v) is 7.23. The number of pyridine rings is 1. The number of hydrogen-bond acceptors (Lipinski definition) is 4. The quantitative estimate of drug-likeness (QED) is 0.812. The van der Waals surface area contributed by atoms with Gasteiger partial charge in [0.2, 0.25) is 10.0 Å². The van der Waals surface area contributed by atoms with Gasteiger partial charge in [-0.1, -0.05) is 6.92 Å². The molecular formula is C14H20N2O4S. The summed E-state index contributed by atoms with van der Waals surface area (Å²) in [4.78, 5) is 14.4. The highest BCUT2D eigenvalue weighted by Crippen LogP contribution is 2.25. The molecule has 0 spiro atoms. The second kappa shape index (κ2) is 6.36. The minimum Gasteiger partial charge on any atom is -0.478 e. The fourth-order valence-corrected chi connectivity index (χ4v) is 3.12. The van der Waals surface area contributed by atoms with E-state index in [-0.39, 0.29) is 4.90 Å². The van der Waals surface area contributed by atoms with Gasteiger partial charge >= 0.3 is 5.97 Å². The zero-order valence-electron chi connectivity index (χ0n) is 12.6. The van der Waals surface area contributed by atoms with E-state index in [0.717, 1.165) is 6.08 Å². The third-order valence-corrected chi connectivity index (χ3v) is 5.56. The average Bonchev–Trinajstić information content (AvgIpc) is 2.44. The molecule has 6 nitrogen and oxygen atoms in total. The number of hydrogen-bond donors (Lipinski definition) is 1. The van der Waals surface area contributed by atoms with Gasteiger partial charge in [0.15, 0.2) is 0 Å². The Morgan fingerprint density at radius 1 is 1.43 bits per heavy atom. The Hall–Kier alpha value is -1.73. The molecule has 0 bridgehead atoms. The number of carboxylic acid groups (broad SMARTS) is 1. The summed E-state index contributed by atoms with van der Waals surface area (Å²) < 4.78 is 26.5. The van der Waals surface area contributed by atoms with Crippen molar-refractivity contribution in [3.63, 3.8) is 0 Å². The van der Waals surface area contributed by atoms with Crippen LogP contribution in [-0.4, -0.2) is 41.4 Å². The van der Waals surface area contributed by atoms with Crippen LogP contribution in [0.15, 0.2) is 29.4 Å². The standard InChI is InChI=1S/C14H20N2O4S/c1-5-14(2,3)16(4)21(19,20)12-8-11(9-15-10-12)6-7-13(17)18/h6-10H,5H2,1-4H3,(H,17,18). The smallest absolute Gasteiger partial charge is 0.328 e. The Balaban J connectivity index is 3.21. The number of nitrogens with zero attached hydrogens (tertiary/aromatic N) is 2. The van der Waals surface area contributed by atoms with Gasteiger partial charge < -0.3 is 5.11 Å². The van der Waals surface area contributed by atoms with Crippen molar-refractivity contribution in [1.82, 2.24) is 9.29 Å². The number of carboxylic acids is 1. The van der Waals surface area contributed by atoms with E-state index < -0.39 is 21.5 Å². The summed E-state index contributed by atoms with van der Waals surface area (Å²) in [6, 6.07) is 1.41. The van der Waals surface area contributed by atoms with Gasteiger partial charge in [-0.05, 0) is 38.0 Å². The number of aliphatic carboxylic acids is 1. The first-order valence-corrected chi connectivity index (χ1v) is 7.90. The van der Waals surface area contributed by atoms with Crippen molar-refractivity contribution in [3.05, 3.63) is 30.1 Å². The molecule has 0 aromatic carbocycles. The van der Waals surface area contributed by atoms with Crippen molar-refractivity contribution in [2.45, 2.75) is 37.6 Å². The molecule has 0 atom stereocenters. The summed E-state index contributed by atoms with van der Waals surface area (Å²) in [5, 5.41) is 8.60. The van der Waals surface area contributed by atoms with Crippen molar-refractivity contribution in [2.75, 3.05) is 7.05 Å². The maximum Gasteiger partial charge on any atom is 0.328 e. The highest BCUT2D eigenvalue weighted by atomic mass is 32.2. The lowest BCUT2D eigenvalue weighted by atomic mass is 10.0. The number of carbonyl (C=O) groups is 1. The molecular weight excluding hydrogens is 292 g/mol. The van der Waals surface area contributed by atoms with Crippen LogP contribution in [0, 0.1) is 0 Å². The highest BCUT2D eigenvalue weighted by Gasteiger charge is 2.32. The normalized spacial score (nSPS) is 13.0. The van der Waals surface area contributed by atoms with Crippen LogP contribution in [0.4, 0.5) is 0 Å². The molecule has 0 fully saturated rings. The topological polar surface area (TPSA) is 87.6 Å². The Kier molecular flexibility index (Phi) is 5.25. The fourth-order valence-electron chi connectivity index (χ4n) is 1.54. The van der Waals surface area contributed by atoms with Crippen LogP contribution in [0.1, 0.15) is 32.8 Å². The zero-order chi connectivity index (χ0) is 16.3. The van der Waals surface area contributed by atoms with E-state index in [1.807, 2.05) is 20.8 Å². The molecule has 0 saturated heterocycles. The summed E-state index contributed by atoms with van der Waals surface area (Å²) in [6.45, 7) is 5.59. The molecule has 1 heterocycles. The van der Waals surface area contributed by atoms with E-state index in [4.69, 9.17) is 5.11 Å². The van der Waals surface area contributed by atoms with Crippen LogP contribution >= 0.6 is 0 Å². The second-order valence-electron chi connectivity index (χ2n) is 5.26. The van der Waals surface area contributed by atoms with E-state index in [1.165, 1.54) is 35.9 Å². The van der Waals surface area contributed by atoms with Crippen LogP contribution in [0.2, 0.25) is 0 Å². The first-order chi connectivity index (χ1) is 9.61. The van der Waals surface area contributed by atoms with Gasteiger partial charge in [0.05, 0.1) is 0 Å². The Bertz CT molecular complexity index is 651. The summed E-state index contributed by atoms with van der Waals surface area (Å²) in [7, 11) is -2.15. The summed E-state index contributed by atoms with van der Waals surface area (Å²) >= 11 is 0. The minimum atomic E-state index is -3.68. The molecule has 0 aliphatic rings. The summed E-state index contributed by atoms with van der Waals surface area (Å²) in [5.74, 6) is -1.10. The van der Waals surface area contributed by atoms with Crippen LogP contribution < -0.4 is 0 Å². The molecule has 0 radical (unpaired) electrons. The van der Waals surface area contributed by atoms with E-state index in [0.29, 0.717) is 12.0 Å². The molecule has 0 aliphatic carbocycles. The van der Waals surface area contributed by atoms with Crippen molar-refractivity contribution in [3.8, 4) is 0 Å². The van der Waals surface area contributed by atoms with E-state index in [2.05, 4.69) is 4.98 Å². The predicted octanol–water partition coefficient (Wildman–Crippen LogP) is 1.99. The van der Waals surface area contributed by atoms with Gasteiger partial charge in [-0.15, -0.1) is 0 Å². The number of rotatable bonds is 6. The SMILES string of the molecule is CCC(C)(C)N(C)S(=O)(=O)c1cncc(C=CC(=O)O)c1. The third-order valence-electron chi connectivity index (χ3n) is 3.53. The molecule has 0 amide bonds. The maximum atomic E-state index is 12.6. The number of aromatic nitrogens is 1. The van der Waals surface area contributed by atoms with Crippen LogP contribution in [0.25, 0.3) is 6.08 Å². The largest absolute Gasteiger partial charge is 0.478 e. The van der Waals surface area contributed by atoms with E-state index >= 15 is 0 Å². The monoisotopic (exact) mass is 312 g/mol. The predicted molar refractivity (Wildman–Crippen MR) is 80.2 cm³/mol. The van der Waals surface area contributed by atoms with Gasteiger partial charge in [-0.25, -0.2) is 13.2 Å². The van der Waals surface area contributed by atoms with Crippen molar-refractivity contribution in [1.29, 1.82) is 0 Å². The molecule has 1 aromatic rings.